The molecule has 1 aromatic heterocycles. The first-order chi connectivity index (χ1) is 8.17. The van der Waals surface area contributed by atoms with Crippen LogP contribution in [0.25, 0.3) is 10.9 Å². The summed E-state index contributed by atoms with van der Waals surface area (Å²) in [5.74, 6) is 5.54. The first-order valence-electron chi connectivity index (χ1n) is 5.21. The molecule has 0 amide bonds. The van der Waals surface area contributed by atoms with Crippen molar-refractivity contribution < 1.29 is 4.74 Å². The maximum Gasteiger partial charge on any atom is 0.0916 e. The Balaban J connectivity index is 2.77. The number of methoxy groups -OCH3 is 1. The fourth-order valence-electron chi connectivity index (χ4n) is 1.87. The zero-order valence-corrected chi connectivity index (χ0v) is 10.5. The van der Waals surface area contributed by atoms with Crippen LogP contribution < -0.4 is 11.3 Å². The third-order valence-corrected chi connectivity index (χ3v) is 2.93. The van der Waals surface area contributed by atoms with Crippen LogP contribution in [0.15, 0.2) is 18.2 Å². The van der Waals surface area contributed by atoms with E-state index in [1.807, 2.05) is 25.1 Å². The van der Waals surface area contributed by atoms with Gasteiger partial charge >= 0.3 is 0 Å². The molecule has 2 rings (SSSR count). The molecule has 17 heavy (non-hydrogen) atoms. The van der Waals surface area contributed by atoms with Gasteiger partial charge in [-0.2, -0.15) is 0 Å². The highest BCUT2D eigenvalue weighted by Crippen LogP contribution is 2.31. The van der Waals surface area contributed by atoms with Gasteiger partial charge in [0.1, 0.15) is 0 Å². The Morgan fingerprint density at radius 2 is 2.24 bits per heavy atom. The molecule has 0 atom stereocenters. The molecule has 0 aliphatic rings. The average Bonchev–Trinajstić information content (AvgIpc) is 2.33. The molecule has 1 heterocycles. The SMILES string of the molecule is COCc1cc(NN)c2c(C)ccc(Cl)c2n1. The second-order valence-electron chi connectivity index (χ2n) is 3.83. The predicted octanol–water partition coefficient (Wildman–Crippen LogP) is 2.63. The van der Waals surface area contributed by atoms with E-state index in [1.165, 1.54) is 0 Å². The Morgan fingerprint density at radius 3 is 2.88 bits per heavy atom. The smallest absolute Gasteiger partial charge is 0.0916 e. The Hall–Kier alpha value is -1.36. The molecule has 0 saturated heterocycles. The van der Waals surface area contributed by atoms with Crippen LogP contribution in [0, 0.1) is 6.92 Å². The van der Waals surface area contributed by atoms with Gasteiger partial charge in [-0.15, -0.1) is 0 Å². The lowest BCUT2D eigenvalue weighted by atomic mass is 10.1. The van der Waals surface area contributed by atoms with Gasteiger partial charge < -0.3 is 10.2 Å². The van der Waals surface area contributed by atoms with E-state index in [0.717, 1.165) is 27.8 Å². The number of anilines is 1. The predicted molar refractivity (Wildman–Crippen MR) is 70.0 cm³/mol. The highest BCUT2D eigenvalue weighted by molar-refractivity contribution is 6.35. The van der Waals surface area contributed by atoms with Crippen molar-refractivity contribution in [1.82, 2.24) is 4.98 Å². The average molecular weight is 252 g/mol. The standard InChI is InChI=1S/C12H14ClN3O/c1-7-3-4-9(13)12-11(7)10(16-14)5-8(15-12)6-17-2/h3-5H,6,14H2,1-2H3,(H,15,16). The first kappa shape index (κ1) is 12.1. The number of aromatic nitrogens is 1. The maximum atomic E-state index is 6.16. The number of fused-ring (bicyclic) bond motifs is 1. The molecule has 1 aromatic carbocycles. The van der Waals surface area contributed by atoms with Crippen molar-refractivity contribution in [2.24, 2.45) is 5.84 Å². The molecule has 90 valence electrons. The molecule has 0 fully saturated rings. The molecule has 0 unspecified atom stereocenters. The summed E-state index contributed by atoms with van der Waals surface area (Å²) in [6.45, 7) is 2.42. The summed E-state index contributed by atoms with van der Waals surface area (Å²) in [6.07, 6.45) is 0. The van der Waals surface area contributed by atoms with Crippen molar-refractivity contribution in [1.29, 1.82) is 0 Å². The summed E-state index contributed by atoms with van der Waals surface area (Å²) in [7, 11) is 1.62. The Bertz CT molecular complexity index is 557. The van der Waals surface area contributed by atoms with Gasteiger partial charge in [0, 0.05) is 12.5 Å². The third-order valence-electron chi connectivity index (χ3n) is 2.62. The van der Waals surface area contributed by atoms with E-state index >= 15 is 0 Å². The minimum absolute atomic E-state index is 0.425. The van der Waals surface area contributed by atoms with E-state index in [-0.39, 0.29) is 0 Å². The number of nitrogens with two attached hydrogens (primary N) is 1. The number of ether oxygens (including phenoxy) is 1. The number of hydrogen-bond donors (Lipinski definition) is 2. The van der Waals surface area contributed by atoms with Crippen LogP contribution in [0.5, 0.6) is 0 Å². The van der Waals surface area contributed by atoms with Gasteiger partial charge in [-0.25, -0.2) is 4.98 Å². The molecule has 0 aliphatic heterocycles. The largest absolute Gasteiger partial charge is 0.378 e. The summed E-state index contributed by atoms with van der Waals surface area (Å²) in [6, 6.07) is 5.65. The van der Waals surface area contributed by atoms with E-state index in [2.05, 4.69) is 10.4 Å². The van der Waals surface area contributed by atoms with Crippen LogP contribution in [-0.4, -0.2) is 12.1 Å². The minimum Gasteiger partial charge on any atom is -0.378 e. The molecule has 5 heteroatoms. The van der Waals surface area contributed by atoms with Gasteiger partial charge in [0.05, 0.1) is 28.5 Å². The van der Waals surface area contributed by atoms with Crippen LogP contribution in [0.2, 0.25) is 5.02 Å². The molecule has 0 radical (unpaired) electrons. The number of benzene rings is 1. The van der Waals surface area contributed by atoms with Crippen LogP contribution in [0.1, 0.15) is 11.3 Å². The van der Waals surface area contributed by atoms with Crippen LogP contribution in [-0.2, 0) is 11.3 Å². The molecule has 0 aliphatic carbocycles. The molecule has 0 spiro atoms. The number of nitrogens with one attached hydrogen (secondary N) is 1. The normalized spacial score (nSPS) is 10.8. The van der Waals surface area contributed by atoms with E-state index in [0.29, 0.717) is 11.6 Å². The minimum atomic E-state index is 0.425. The lowest BCUT2D eigenvalue weighted by molar-refractivity contribution is 0.182. The number of pyridine rings is 1. The third kappa shape index (κ3) is 2.20. The van der Waals surface area contributed by atoms with Crippen molar-refractivity contribution in [3.63, 3.8) is 0 Å². The molecule has 0 bridgehead atoms. The molecule has 3 N–H and O–H groups in total. The lowest BCUT2D eigenvalue weighted by Crippen LogP contribution is -2.09. The Morgan fingerprint density at radius 1 is 1.47 bits per heavy atom. The summed E-state index contributed by atoms with van der Waals surface area (Å²) in [5, 5.41) is 1.56. The number of nitrogens with zero attached hydrogens (tertiary/aromatic N) is 1. The van der Waals surface area contributed by atoms with Gasteiger partial charge in [0.25, 0.3) is 0 Å². The number of hydrazine groups is 1. The summed E-state index contributed by atoms with van der Waals surface area (Å²) in [5.41, 5.74) is 6.10. The quantitative estimate of drug-likeness (QED) is 0.650. The van der Waals surface area contributed by atoms with Crippen LogP contribution in [0.3, 0.4) is 0 Å². The molecule has 2 aromatic rings. The highest BCUT2D eigenvalue weighted by atomic mass is 35.5. The Kier molecular flexibility index (Phi) is 3.47. The number of aryl methyl sites for hydroxylation is 1. The van der Waals surface area contributed by atoms with E-state index < -0.39 is 0 Å². The van der Waals surface area contributed by atoms with Crippen molar-refractivity contribution in [2.75, 3.05) is 12.5 Å². The van der Waals surface area contributed by atoms with Gasteiger partial charge in [0.2, 0.25) is 0 Å². The number of halogens is 1. The molecular weight excluding hydrogens is 238 g/mol. The van der Waals surface area contributed by atoms with Crippen molar-refractivity contribution in [2.45, 2.75) is 13.5 Å². The van der Waals surface area contributed by atoms with Gasteiger partial charge in [0.15, 0.2) is 0 Å². The first-order valence-corrected chi connectivity index (χ1v) is 5.59. The fraction of sp³-hybridized carbons (Fsp3) is 0.250. The van der Waals surface area contributed by atoms with Crippen LogP contribution in [0.4, 0.5) is 5.69 Å². The Labute approximate surface area is 105 Å². The summed E-state index contributed by atoms with van der Waals surface area (Å²) >= 11 is 6.16. The maximum absolute atomic E-state index is 6.16. The topological polar surface area (TPSA) is 60.2 Å². The number of rotatable bonds is 3. The van der Waals surface area contributed by atoms with Crippen molar-refractivity contribution in [3.8, 4) is 0 Å². The van der Waals surface area contributed by atoms with Crippen molar-refractivity contribution >= 4 is 28.2 Å². The fourth-order valence-corrected chi connectivity index (χ4v) is 2.07. The van der Waals surface area contributed by atoms with Crippen LogP contribution >= 0.6 is 11.6 Å². The number of nitrogen functional groups attached to an aromatic ring is 1. The van der Waals surface area contributed by atoms with Gasteiger partial charge in [-0.3, -0.25) is 5.84 Å². The van der Waals surface area contributed by atoms with Gasteiger partial charge in [-0.1, -0.05) is 17.7 Å². The summed E-state index contributed by atoms with van der Waals surface area (Å²) < 4.78 is 5.07. The molecular formula is C12H14ClN3O. The lowest BCUT2D eigenvalue weighted by Gasteiger charge is -2.11. The summed E-state index contributed by atoms with van der Waals surface area (Å²) in [4.78, 5) is 4.48. The van der Waals surface area contributed by atoms with Crippen molar-refractivity contribution in [3.05, 3.63) is 34.5 Å². The zero-order valence-electron chi connectivity index (χ0n) is 9.75. The highest BCUT2D eigenvalue weighted by Gasteiger charge is 2.10. The molecule has 0 saturated carbocycles. The second-order valence-corrected chi connectivity index (χ2v) is 4.23. The van der Waals surface area contributed by atoms with E-state index in [9.17, 15) is 0 Å². The second kappa shape index (κ2) is 4.87. The monoisotopic (exact) mass is 251 g/mol. The molecule has 4 nitrogen and oxygen atoms in total. The zero-order chi connectivity index (χ0) is 12.4. The van der Waals surface area contributed by atoms with Gasteiger partial charge in [-0.05, 0) is 24.6 Å². The van der Waals surface area contributed by atoms with E-state index in [4.69, 9.17) is 22.2 Å². The van der Waals surface area contributed by atoms with E-state index in [1.54, 1.807) is 7.11 Å². The number of hydrogen-bond acceptors (Lipinski definition) is 4.